The largest absolute Gasteiger partial charge is 0.494 e. The number of hydrogen-bond donors (Lipinski definition) is 0. The number of aromatic nitrogens is 4. The minimum Gasteiger partial charge on any atom is -0.494 e. The van der Waals surface area contributed by atoms with Gasteiger partial charge in [-0.05, 0) is 55.3 Å². The first-order valence-electron chi connectivity index (χ1n) is 7.36. The van der Waals surface area contributed by atoms with Gasteiger partial charge in [0.15, 0.2) is 0 Å². The number of tetrazole rings is 1. The lowest BCUT2D eigenvalue weighted by Gasteiger charge is -2.26. The van der Waals surface area contributed by atoms with E-state index in [1.54, 1.807) is 25.3 Å². The third-order valence-corrected chi connectivity index (χ3v) is 4.21. The number of nitrogens with zero attached hydrogens (tertiary/aromatic N) is 5. The number of amides is 1. The maximum absolute atomic E-state index is 12.8. The Labute approximate surface area is 128 Å². The molecular weight excluding hydrogens is 282 g/mol. The summed E-state index contributed by atoms with van der Waals surface area (Å²) >= 11 is 0. The summed E-state index contributed by atoms with van der Waals surface area (Å²) in [5.41, 5.74) is 1.27. The van der Waals surface area contributed by atoms with Crippen molar-refractivity contribution in [3.8, 4) is 11.4 Å². The van der Waals surface area contributed by atoms with E-state index >= 15 is 0 Å². The van der Waals surface area contributed by atoms with E-state index < -0.39 is 0 Å². The van der Waals surface area contributed by atoms with E-state index in [9.17, 15) is 4.79 Å². The molecule has 1 aromatic heterocycles. The molecule has 0 bridgehead atoms. The predicted octanol–water partition coefficient (Wildman–Crippen LogP) is 1.68. The zero-order valence-electron chi connectivity index (χ0n) is 12.9. The Hall–Kier alpha value is -2.44. The van der Waals surface area contributed by atoms with Gasteiger partial charge in [-0.15, -0.1) is 5.10 Å². The molecule has 0 radical (unpaired) electrons. The van der Waals surface area contributed by atoms with Crippen LogP contribution in [0.25, 0.3) is 5.69 Å². The fraction of sp³-hybridized carbons (Fsp3) is 0.467. The molecule has 2 aromatic rings. The van der Waals surface area contributed by atoms with Crippen LogP contribution >= 0.6 is 0 Å². The Balaban J connectivity index is 1.98. The van der Waals surface area contributed by atoms with Crippen LogP contribution in [0.1, 0.15) is 37.0 Å². The van der Waals surface area contributed by atoms with Gasteiger partial charge in [0, 0.05) is 17.6 Å². The molecule has 0 aliphatic carbocycles. The molecule has 1 amide bonds. The van der Waals surface area contributed by atoms with Gasteiger partial charge in [-0.2, -0.15) is 4.68 Å². The Kier molecular flexibility index (Phi) is 3.79. The van der Waals surface area contributed by atoms with Crippen LogP contribution in [-0.4, -0.2) is 50.2 Å². The molecule has 2 heterocycles. The van der Waals surface area contributed by atoms with Gasteiger partial charge in [0.05, 0.1) is 7.11 Å². The molecule has 1 fully saturated rings. The summed E-state index contributed by atoms with van der Waals surface area (Å²) in [6.45, 7) is 4.18. The maximum atomic E-state index is 12.8. The lowest BCUT2D eigenvalue weighted by molar-refractivity contribution is 0.0693. The van der Waals surface area contributed by atoms with Crippen molar-refractivity contribution in [3.05, 3.63) is 30.1 Å². The van der Waals surface area contributed by atoms with Crippen LogP contribution in [0.2, 0.25) is 0 Å². The van der Waals surface area contributed by atoms with Crippen molar-refractivity contribution in [1.29, 1.82) is 0 Å². The van der Waals surface area contributed by atoms with E-state index in [2.05, 4.69) is 29.4 Å². The van der Waals surface area contributed by atoms with Crippen molar-refractivity contribution in [2.24, 2.45) is 0 Å². The minimum atomic E-state index is 0.0366. The van der Waals surface area contributed by atoms with E-state index in [1.807, 2.05) is 4.90 Å². The second-order valence-corrected chi connectivity index (χ2v) is 5.63. The van der Waals surface area contributed by atoms with Gasteiger partial charge >= 0.3 is 0 Å². The number of rotatable bonds is 3. The normalized spacial score (nSPS) is 21.1. The molecular formula is C15H19N5O2. The Bertz CT molecular complexity index is 661. The van der Waals surface area contributed by atoms with Crippen LogP contribution in [0.3, 0.4) is 0 Å². The lowest BCUT2D eigenvalue weighted by Crippen LogP contribution is -2.38. The molecule has 0 unspecified atom stereocenters. The van der Waals surface area contributed by atoms with Gasteiger partial charge in [0.25, 0.3) is 5.91 Å². The average molecular weight is 301 g/mol. The predicted molar refractivity (Wildman–Crippen MR) is 80.0 cm³/mol. The van der Waals surface area contributed by atoms with Crippen LogP contribution in [0.15, 0.2) is 24.5 Å². The highest BCUT2D eigenvalue weighted by molar-refractivity contribution is 5.95. The van der Waals surface area contributed by atoms with Gasteiger partial charge in [0.1, 0.15) is 17.8 Å². The van der Waals surface area contributed by atoms with Gasteiger partial charge in [-0.1, -0.05) is 0 Å². The number of carbonyl (C=O) groups excluding carboxylic acids is 1. The second kappa shape index (κ2) is 5.75. The highest BCUT2D eigenvalue weighted by Crippen LogP contribution is 2.28. The summed E-state index contributed by atoms with van der Waals surface area (Å²) in [5.74, 6) is 0.654. The first-order chi connectivity index (χ1) is 10.6. The first kappa shape index (κ1) is 14.5. The molecule has 3 rings (SSSR count). The van der Waals surface area contributed by atoms with E-state index in [-0.39, 0.29) is 18.0 Å². The maximum Gasteiger partial charge on any atom is 0.254 e. The fourth-order valence-electron chi connectivity index (χ4n) is 3.02. The third kappa shape index (κ3) is 2.43. The first-order valence-corrected chi connectivity index (χ1v) is 7.36. The molecule has 2 atom stereocenters. The van der Waals surface area contributed by atoms with Crippen molar-refractivity contribution in [1.82, 2.24) is 25.1 Å². The van der Waals surface area contributed by atoms with Gasteiger partial charge in [0.2, 0.25) is 0 Å². The Morgan fingerprint density at radius 2 is 2.00 bits per heavy atom. The van der Waals surface area contributed by atoms with Crippen LogP contribution in [-0.2, 0) is 0 Å². The lowest BCUT2D eigenvalue weighted by atomic mass is 10.1. The van der Waals surface area contributed by atoms with Crippen molar-refractivity contribution in [2.45, 2.75) is 38.8 Å². The summed E-state index contributed by atoms with van der Waals surface area (Å²) in [4.78, 5) is 14.8. The number of benzene rings is 1. The quantitative estimate of drug-likeness (QED) is 0.862. The van der Waals surface area contributed by atoms with Gasteiger partial charge in [-0.25, -0.2) is 0 Å². The van der Waals surface area contributed by atoms with Crippen LogP contribution in [0.5, 0.6) is 5.75 Å². The van der Waals surface area contributed by atoms with Gasteiger partial charge < -0.3 is 9.64 Å². The number of likely N-dealkylation sites (tertiary alicyclic amines) is 1. The van der Waals surface area contributed by atoms with Crippen LogP contribution in [0, 0.1) is 0 Å². The topological polar surface area (TPSA) is 73.1 Å². The van der Waals surface area contributed by atoms with E-state index in [0.29, 0.717) is 17.0 Å². The molecule has 22 heavy (non-hydrogen) atoms. The molecule has 0 spiro atoms. The number of methoxy groups -OCH3 is 1. The van der Waals surface area contributed by atoms with Crippen molar-refractivity contribution in [3.63, 3.8) is 0 Å². The monoisotopic (exact) mass is 301 g/mol. The summed E-state index contributed by atoms with van der Waals surface area (Å²) in [6, 6.07) is 5.86. The molecule has 1 aliphatic heterocycles. The average Bonchev–Trinajstić information content (AvgIpc) is 3.16. The summed E-state index contributed by atoms with van der Waals surface area (Å²) < 4.78 is 6.82. The number of hydrogen-bond acceptors (Lipinski definition) is 5. The van der Waals surface area contributed by atoms with E-state index in [0.717, 1.165) is 12.8 Å². The van der Waals surface area contributed by atoms with Crippen LogP contribution in [0.4, 0.5) is 0 Å². The molecule has 7 heteroatoms. The number of carbonyl (C=O) groups is 1. The molecule has 1 aliphatic rings. The molecule has 7 nitrogen and oxygen atoms in total. The van der Waals surface area contributed by atoms with Crippen molar-refractivity contribution < 1.29 is 9.53 Å². The van der Waals surface area contributed by atoms with E-state index in [4.69, 9.17) is 4.74 Å². The summed E-state index contributed by atoms with van der Waals surface area (Å²) in [5, 5.41) is 11.1. The zero-order chi connectivity index (χ0) is 15.7. The molecule has 1 aromatic carbocycles. The third-order valence-electron chi connectivity index (χ3n) is 4.21. The Morgan fingerprint density at radius 3 is 2.59 bits per heavy atom. The molecule has 116 valence electrons. The van der Waals surface area contributed by atoms with E-state index in [1.165, 1.54) is 11.0 Å². The molecule has 0 N–H and O–H groups in total. The zero-order valence-corrected chi connectivity index (χ0v) is 12.9. The highest BCUT2D eigenvalue weighted by Gasteiger charge is 2.32. The Morgan fingerprint density at radius 1 is 1.27 bits per heavy atom. The highest BCUT2D eigenvalue weighted by atomic mass is 16.5. The van der Waals surface area contributed by atoms with Crippen LogP contribution < -0.4 is 4.74 Å². The minimum absolute atomic E-state index is 0.0366. The van der Waals surface area contributed by atoms with Crippen molar-refractivity contribution >= 4 is 5.91 Å². The standard InChI is InChI=1S/C15H19N5O2/c1-10-4-5-11(2)20(10)15(21)12-6-7-14(22-3)13(8-12)19-9-16-17-18-19/h6-11H,4-5H2,1-3H3/t10-,11+. The second-order valence-electron chi connectivity index (χ2n) is 5.63. The SMILES string of the molecule is COc1ccc(C(=O)N2[C@H](C)CC[C@@H]2C)cc1-n1cnnn1. The fourth-order valence-corrected chi connectivity index (χ4v) is 3.02. The number of ether oxygens (including phenoxy) is 1. The summed E-state index contributed by atoms with van der Waals surface area (Å²) in [6.07, 6.45) is 3.57. The smallest absolute Gasteiger partial charge is 0.254 e. The molecule has 0 saturated carbocycles. The summed E-state index contributed by atoms with van der Waals surface area (Å²) in [7, 11) is 1.58. The van der Waals surface area contributed by atoms with Crippen molar-refractivity contribution in [2.75, 3.05) is 7.11 Å². The van der Waals surface area contributed by atoms with Gasteiger partial charge in [-0.3, -0.25) is 4.79 Å². The molecule has 1 saturated heterocycles.